The first kappa shape index (κ1) is 17.7. The zero-order valence-electron chi connectivity index (χ0n) is 14.7. The van der Waals surface area contributed by atoms with E-state index in [0.717, 1.165) is 22.5 Å². The SMILES string of the molecule is CCN(C(=O)CN(C(C)=O)c1cc(C)ccc1C)c1ccccc1. The summed E-state index contributed by atoms with van der Waals surface area (Å²) in [5, 5.41) is 0. The lowest BCUT2D eigenvalue weighted by Crippen LogP contribution is -2.42. The van der Waals surface area contributed by atoms with Crippen LogP contribution in [0.2, 0.25) is 0 Å². The van der Waals surface area contributed by atoms with Crippen molar-refractivity contribution in [2.45, 2.75) is 27.7 Å². The molecule has 126 valence electrons. The number of para-hydroxylation sites is 1. The van der Waals surface area contributed by atoms with Crippen LogP contribution < -0.4 is 9.80 Å². The number of carbonyl (C=O) groups excluding carboxylic acids is 2. The van der Waals surface area contributed by atoms with Gasteiger partial charge < -0.3 is 9.80 Å². The lowest BCUT2D eigenvalue weighted by Gasteiger charge is -2.27. The largest absolute Gasteiger partial charge is 0.311 e. The number of nitrogens with zero attached hydrogens (tertiary/aromatic N) is 2. The summed E-state index contributed by atoms with van der Waals surface area (Å²) >= 11 is 0. The molecule has 0 radical (unpaired) electrons. The first-order valence-corrected chi connectivity index (χ1v) is 8.14. The van der Waals surface area contributed by atoms with E-state index in [2.05, 4.69) is 0 Å². The van der Waals surface area contributed by atoms with Crippen LogP contribution in [0.1, 0.15) is 25.0 Å². The van der Waals surface area contributed by atoms with Gasteiger partial charge in [0.05, 0.1) is 0 Å². The van der Waals surface area contributed by atoms with Crippen molar-refractivity contribution in [3.8, 4) is 0 Å². The van der Waals surface area contributed by atoms with Crippen LogP contribution in [-0.2, 0) is 9.59 Å². The first-order chi connectivity index (χ1) is 11.4. The first-order valence-electron chi connectivity index (χ1n) is 8.14. The van der Waals surface area contributed by atoms with Crippen LogP contribution in [0.25, 0.3) is 0 Å². The van der Waals surface area contributed by atoms with Crippen LogP contribution in [0.3, 0.4) is 0 Å². The molecule has 0 fully saturated rings. The lowest BCUT2D eigenvalue weighted by atomic mass is 10.1. The summed E-state index contributed by atoms with van der Waals surface area (Å²) in [5.41, 5.74) is 3.67. The van der Waals surface area contributed by atoms with E-state index >= 15 is 0 Å². The quantitative estimate of drug-likeness (QED) is 0.841. The van der Waals surface area contributed by atoms with Crippen LogP contribution in [0.5, 0.6) is 0 Å². The van der Waals surface area contributed by atoms with Crippen LogP contribution in [0, 0.1) is 13.8 Å². The standard InChI is InChI=1S/C20H24N2O2/c1-5-21(18-9-7-6-8-10-18)20(24)14-22(17(4)23)19-13-15(2)11-12-16(19)3/h6-13H,5,14H2,1-4H3. The van der Waals surface area contributed by atoms with Crippen molar-refractivity contribution in [1.29, 1.82) is 0 Å². The Bertz CT molecular complexity index is 726. The van der Waals surface area contributed by atoms with Crippen molar-refractivity contribution in [3.63, 3.8) is 0 Å². The predicted octanol–water partition coefficient (Wildman–Crippen LogP) is 3.71. The van der Waals surface area contributed by atoms with Gasteiger partial charge >= 0.3 is 0 Å². The molecule has 24 heavy (non-hydrogen) atoms. The van der Waals surface area contributed by atoms with Crippen LogP contribution in [-0.4, -0.2) is 24.9 Å². The second-order valence-corrected chi connectivity index (χ2v) is 5.87. The number of hydrogen-bond donors (Lipinski definition) is 0. The smallest absolute Gasteiger partial charge is 0.247 e. The molecule has 0 saturated carbocycles. The van der Waals surface area contributed by atoms with E-state index in [1.54, 1.807) is 9.80 Å². The second kappa shape index (κ2) is 7.77. The number of rotatable bonds is 5. The second-order valence-electron chi connectivity index (χ2n) is 5.87. The molecular formula is C20H24N2O2. The number of benzene rings is 2. The van der Waals surface area contributed by atoms with Crippen LogP contribution >= 0.6 is 0 Å². The maximum absolute atomic E-state index is 12.8. The molecule has 0 atom stereocenters. The molecule has 0 aliphatic heterocycles. The third-order valence-electron chi connectivity index (χ3n) is 4.01. The van der Waals surface area contributed by atoms with Gasteiger partial charge in [0.2, 0.25) is 11.8 Å². The minimum absolute atomic E-state index is 0.0301. The Morgan fingerprint density at radius 3 is 2.21 bits per heavy atom. The zero-order valence-corrected chi connectivity index (χ0v) is 14.7. The summed E-state index contributed by atoms with van der Waals surface area (Å²) in [7, 11) is 0. The molecule has 0 N–H and O–H groups in total. The van der Waals surface area contributed by atoms with Gasteiger partial charge in [-0.05, 0) is 50.1 Å². The fourth-order valence-corrected chi connectivity index (χ4v) is 2.71. The van der Waals surface area contributed by atoms with Crippen LogP contribution in [0.4, 0.5) is 11.4 Å². The van der Waals surface area contributed by atoms with E-state index < -0.39 is 0 Å². The summed E-state index contributed by atoms with van der Waals surface area (Å²) in [6.45, 7) is 7.94. The molecule has 2 rings (SSSR count). The average Bonchev–Trinajstić information content (AvgIpc) is 2.56. The monoisotopic (exact) mass is 324 g/mol. The number of carbonyl (C=O) groups is 2. The summed E-state index contributed by atoms with van der Waals surface area (Å²) in [6, 6.07) is 15.4. The number of likely N-dealkylation sites (N-methyl/N-ethyl adjacent to an activating group) is 1. The molecule has 0 aliphatic rings. The average molecular weight is 324 g/mol. The fourth-order valence-electron chi connectivity index (χ4n) is 2.71. The van der Waals surface area contributed by atoms with Gasteiger partial charge in [0.1, 0.15) is 6.54 Å². The Morgan fingerprint density at radius 2 is 1.62 bits per heavy atom. The Labute approximate surface area is 143 Å². The maximum atomic E-state index is 12.8. The number of hydrogen-bond acceptors (Lipinski definition) is 2. The molecule has 2 amide bonds. The van der Waals surface area contributed by atoms with Gasteiger partial charge in [-0.25, -0.2) is 0 Å². The maximum Gasteiger partial charge on any atom is 0.247 e. The van der Waals surface area contributed by atoms with Gasteiger partial charge in [-0.3, -0.25) is 9.59 Å². The molecule has 0 bridgehead atoms. The van der Waals surface area contributed by atoms with Gasteiger partial charge in [-0.2, -0.15) is 0 Å². The molecule has 4 nitrogen and oxygen atoms in total. The third kappa shape index (κ3) is 4.02. The Hall–Kier alpha value is -2.62. The Kier molecular flexibility index (Phi) is 5.74. The summed E-state index contributed by atoms with van der Waals surface area (Å²) in [4.78, 5) is 28.2. The molecule has 2 aromatic carbocycles. The van der Waals surface area contributed by atoms with Gasteiger partial charge in [-0.15, -0.1) is 0 Å². The summed E-state index contributed by atoms with van der Waals surface area (Å²) in [5.74, 6) is -0.235. The van der Waals surface area contributed by atoms with Gasteiger partial charge in [0.25, 0.3) is 0 Å². The molecule has 0 spiro atoms. The topological polar surface area (TPSA) is 40.6 Å². The minimum atomic E-state index is -0.138. The Balaban J connectivity index is 2.29. The minimum Gasteiger partial charge on any atom is -0.311 e. The van der Waals surface area contributed by atoms with E-state index in [1.807, 2.05) is 69.3 Å². The number of aryl methyl sites for hydroxylation is 2. The number of amides is 2. The highest BCUT2D eigenvalue weighted by Gasteiger charge is 2.21. The molecular weight excluding hydrogens is 300 g/mol. The number of anilines is 2. The van der Waals surface area contributed by atoms with E-state index in [1.165, 1.54) is 6.92 Å². The molecule has 0 heterocycles. The third-order valence-corrected chi connectivity index (χ3v) is 4.01. The van der Waals surface area contributed by atoms with Crippen molar-refractivity contribution in [3.05, 3.63) is 59.7 Å². The Morgan fingerprint density at radius 1 is 0.958 bits per heavy atom. The van der Waals surface area contributed by atoms with Gasteiger partial charge in [0.15, 0.2) is 0 Å². The van der Waals surface area contributed by atoms with Crippen molar-refractivity contribution >= 4 is 23.2 Å². The highest BCUT2D eigenvalue weighted by Crippen LogP contribution is 2.22. The van der Waals surface area contributed by atoms with Crippen molar-refractivity contribution in [1.82, 2.24) is 0 Å². The predicted molar refractivity (Wildman–Crippen MR) is 98.4 cm³/mol. The highest BCUT2D eigenvalue weighted by molar-refractivity contribution is 6.03. The normalized spacial score (nSPS) is 10.3. The van der Waals surface area contributed by atoms with E-state index in [0.29, 0.717) is 6.54 Å². The van der Waals surface area contributed by atoms with Gasteiger partial charge in [0, 0.05) is 24.8 Å². The molecule has 4 heteroatoms. The highest BCUT2D eigenvalue weighted by atomic mass is 16.2. The lowest BCUT2D eigenvalue weighted by molar-refractivity contribution is -0.121. The summed E-state index contributed by atoms with van der Waals surface area (Å²) < 4.78 is 0. The molecule has 0 unspecified atom stereocenters. The summed E-state index contributed by atoms with van der Waals surface area (Å²) in [6.07, 6.45) is 0. The molecule has 0 aliphatic carbocycles. The van der Waals surface area contributed by atoms with Gasteiger partial charge in [-0.1, -0.05) is 30.3 Å². The van der Waals surface area contributed by atoms with E-state index in [9.17, 15) is 9.59 Å². The molecule has 0 saturated heterocycles. The van der Waals surface area contributed by atoms with Crippen molar-refractivity contribution < 1.29 is 9.59 Å². The van der Waals surface area contributed by atoms with E-state index in [-0.39, 0.29) is 18.4 Å². The van der Waals surface area contributed by atoms with E-state index in [4.69, 9.17) is 0 Å². The fraction of sp³-hybridized carbons (Fsp3) is 0.300. The molecule has 2 aromatic rings. The van der Waals surface area contributed by atoms with Crippen LogP contribution in [0.15, 0.2) is 48.5 Å². The van der Waals surface area contributed by atoms with Crippen molar-refractivity contribution in [2.24, 2.45) is 0 Å². The van der Waals surface area contributed by atoms with Crippen molar-refractivity contribution in [2.75, 3.05) is 22.9 Å². The zero-order chi connectivity index (χ0) is 17.7. The molecule has 0 aromatic heterocycles.